The van der Waals surface area contributed by atoms with Gasteiger partial charge in [-0.15, -0.1) is 0 Å². The highest BCUT2D eigenvalue weighted by atomic mass is 35.5. The Labute approximate surface area is 126 Å². The summed E-state index contributed by atoms with van der Waals surface area (Å²) in [5.74, 6) is -1.22. The van der Waals surface area contributed by atoms with Gasteiger partial charge in [0.15, 0.2) is 0 Å². The van der Waals surface area contributed by atoms with Crippen molar-refractivity contribution in [3.05, 3.63) is 40.2 Å². The standard InChI is InChI=1S/C12H12ClN3O4S/c1-6-11(7(2)15-14-6)16-21(19,20)8-3-4-9(12(17)18)10(13)5-8/h3-5,16H,1-2H3,(H,14,15)(H,17,18). The lowest BCUT2D eigenvalue weighted by atomic mass is 10.2. The van der Waals surface area contributed by atoms with Gasteiger partial charge in [-0.25, -0.2) is 13.2 Å². The molecule has 1 aromatic carbocycles. The molecule has 21 heavy (non-hydrogen) atoms. The third-order valence-electron chi connectivity index (χ3n) is 2.85. The molecule has 112 valence electrons. The summed E-state index contributed by atoms with van der Waals surface area (Å²) in [5.41, 5.74) is 1.27. The van der Waals surface area contributed by atoms with Crippen LogP contribution in [-0.2, 0) is 10.0 Å². The second-order valence-electron chi connectivity index (χ2n) is 4.36. The van der Waals surface area contributed by atoms with Crippen molar-refractivity contribution >= 4 is 33.3 Å². The number of nitrogens with zero attached hydrogens (tertiary/aromatic N) is 1. The fourth-order valence-corrected chi connectivity index (χ4v) is 3.26. The molecular weight excluding hydrogens is 318 g/mol. The molecule has 0 bridgehead atoms. The third kappa shape index (κ3) is 3.01. The van der Waals surface area contributed by atoms with Gasteiger partial charge in [-0.1, -0.05) is 11.6 Å². The SMILES string of the molecule is Cc1n[nH]c(C)c1NS(=O)(=O)c1ccc(C(=O)O)c(Cl)c1. The molecule has 0 radical (unpaired) electrons. The lowest BCUT2D eigenvalue weighted by Gasteiger charge is -2.09. The topological polar surface area (TPSA) is 112 Å². The number of anilines is 1. The van der Waals surface area contributed by atoms with Crippen LogP contribution in [0, 0.1) is 13.8 Å². The first kappa shape index (κ1) is 15.3. The van der Waals surface area contributed by atoms with Crippen molar-refractivity contribution < 1.29 is 18.3 Å². The monoisotopic (exact) mass is 329 g/mol. The molecule has 0 saturated heterocycles. The van der Waals surface area contributed by atoms with Crippen LogP contribution in [0.1, 0.15) is 21.7 Å². The van der Waals surface area contributed by atoms with Gasteiger partial charge < -0.3 is 5.11 Å². The number of rotatable bonds is 4. The Morgan fingerprint density at radius 1 is 1.38 bits per heavy atom. The Hall–Kier alpha value is -2.06. The summed E-state index contributed by atoms with van der Waals surface area (Å²) in [6.45, 7) is 3.33. The van der Waals surface area contributed by atoms with Crippen LogP contribution in [0.4, 0.5) is 5.69 Å². The highest BCUT2D eigenvalue weighted by molar-refractivity contribution is 7.92. The van der Waals surface area contributed by atoms with Crippen molar-refractivity contribution in [2.75, 3.05) is 4.72 Å². The average Bonchev–Trinajstić information content (AvgIpc) is 2.69. The predicted molar refractivity (Wildman–Crippen MR) is 77.3 cm³/mol. The summed E-state index contributed by atoms with van der Waals surface area (Å²) in [4.78, 5) is 10.7. The molecule has 0 unspecified atom stereocenters. The second-order valence-corrected chi connectivity index (χ2v) is 6.45. The molecule has 3 N–H and O–H groups in total. The molecule has 0 aliphatic rings. The molecule has 9 heteroatoms. The number of carboxylic acids is 1. The van der Waals surface area contributed by atoms with E-state index in [1.165, 1.54) is 6.07 Å². The number of nitrogens with one attached hydrogen (secondary N) is 2. The van der Waals surface area contributed by atoms with Crippen LogP contribution in [0.5, 0.6) is 0 Å². The zero-order chi connectivity index (χ0) is 15.8. The molecule has 0 aliphatic carbocycles. The number of sulfonamides is 1. The van der Waals surface area contributed by atoms with Gasteiger partial charge in [0, 0.05) is 0 Å². The third-order valence-corrected chi connectivity index (χ3v) is 4.51. The van der Waals surface area contributed by atoms with Crippen LogP contribution in [0.2, 0.25) is 5.02 Å². The first-order valence-electron chi connectivity index (χ1n) is 5.79. The van der Waals surface area contributed by atoms with E-state index < -0.39 is 16.0 Å². The number of carbonyl (C=O) groups is 1. The first-order chi connectivity index (χ1) is 9.72. The fourth-order valence-electron chi connectivity index (χ4n) is 1.73. The van der Waals surface area contributed by atoms with Gasteiger partial charge in [-0.2, -0.15) is 5.10 Å². The van der Waals surface area contributed by atoms with Gasteiger partial charge in [0.25, 0.3) is 10.0 Å². The molecule has 2 rings (SSSR count). The van der Waals surface area contributed by atoms with E-state index in [0.717, 1.165) is 12.1 Å². The Morgan fingerprint density at radius 2 is 2.05 bits per heavy atom. The molecule has 7 nitrogen and oxygen atoms in total. The second kappa shape index (κ2) is 5.38. The van der Waals surface area contributed by atoms with Gasteiger partial charge in [-0.05, 0) is 32.0 Å². The molecule has 0 amide bonds. The van der Waals surface area contributed by atoms with Crippen LogP contribution in [-0.4, -0.2) is 29.7 Å². The van der Waals surface area contributed by atoms with E-state index in [1.807, 2.05) is 0 Å². The molecule has 1 aromatic heterocycles. The summed E-state index contributed by atoms with van der Waals surface area (Å²) >= 11 is 5.78. The minimum absolute atomic E-state index is 0.127. The highest BCUT2D eigenvalue weighted by Gasteiger charge is 2.20. The van der Waals surface area contributed by atoms with Gasteiger partial charge in [0.1, 0.15) is 0 Å². The summed E-state index contributed by atoms with van der Waals surface area (Å²) < 4.78 is 27.0. The largest absolute Gasteiger partial charge is 0.478 e. The number of halogens is 1. The van der Waals surface area contributed by atoms with Crippen molar-refractivity contribution in [2.45, 2.75) is 18.7 Å². The van der Waals surface area contributed by atoms with Crippen molar-refractivity contribution in [3.8, 4) is 0 Å². The number of carboxylic acid groups (broad SMARTS) is 1. The molecule has 0 spiro atoms. The maximum atomic E-state index is 12.3. The maximum Gasteiger partial charge on any atom is 0.337 e. The summed E-state index contributed by atoms with van der Waals surface area (Å²) in [6.07, 6.45) is 0. The molecule has 0 fully saturated rings. The van der Waals surface area contributed by atoms with Crippen molar-refractivity contribution in [1.82, 2.24) is 10.2 Å². The Balaban J connectivity index is 2.41. The zero-order valence-electron chi connectivity index (χ0n) is 11.1. The number of aromatic amines is 1. The average molecular weight is 330 g/mol. The van der Waals surface area contributed by atoms with E-state index in [1.54, 1.807) is 13.8 Å². The van der Waals surface area contributed by atoms with Crippen LogP contribution in [0.25, 0.3) is 0 Å². The van der Waals surface area contributed by atoms with Crippen molar-refractivity contribution in [2.24, 2.45) is 0 Å². The lowest BCUT2D eigenvalue weighted by Crippen LogP contribution is -2.14. The van der Waals surface area contributed by atoms with Crippen LogP contribution in [0.3, 0.4) is 0 Å². The van der Waals surface area contributed by atoms with E-state index in [-0.39, 0.29) is 15.5 Å². The van der Waals surface area contributed by atoms with Gasteiger partial charge in [0.05, 0.1) is 32.6 Å². The number of benzene rings is 1. The number of hydrogen-bond acceptors (Lipinski definition) is 4. The Morgan fingerprint density at radius 3 is 2.52 bits per heavy atom. The van der Waals surface area contributed by atoms with Crippen LogP contribution >= 0.6 is 11.6 Å². The Bertz CT molecular complexity index is 794. The van der Waals surface area contributed by atoms with Crippen LogP contribution < -0.4 is 4.72 Å². The predicted octanol–water partition coefficient (Wildman–Crippen LogP) is 2.18. The van der Waals surface area contributed by atoms with Crippen molar-refractivity contribution in [3.63, 3.8) is 0 Å². The van der Waals surface area contributed by atoms with E-state index in [9.17, 15) is 13.2 Å². The number of hydrogen-bond donors (Lipinski definition) is 3. The molecule has 0 saturated carbocycles. The van der Waals surface area contributed by atoms with E-state index >= 15 is 0 Å². The van der Waals surface area contributed by atoms with E-state index in [0.29, 0.717) is 17.1 Å². The van der Waals surface area contributed by atoms with Gasteiger partial charge >= 0.3 is 5.97 Å². The number of aromatic nitrogens is 2. The fraction of sp³-hybridized carbons (Fsp3) is 0.167. The van der Waals surface area contributed by atoms with E-state index in [4.69, 9.17) is 16.7 Å². The maximum absolute atomic E-state index is 12.3. The van der Waals surface area contributed by atoms with E-state index in [2.05, 4.69) is 14.9 Å². The molecule has 1 heterocycles. The van der Waals surface area contributed by atoms with Gasteiger partial charge in [-0.3, -0.25) is 9.82 Å². The highest BCUT2D eigenvalue weighted by Crippen LogP contribution is 2.24. The number of aryl methyl sites for hydroxylation is 2. The summed E-state index contributed by atoms with van der Waals surface area (Å²) in [6, 6.07) is 3.43. The number of H-pyrrole nitrogens is 1. The summed E-state index contributed by atoms with van der Waals surface area (Å²) in [7, 11) is -3.88. The molecule has 0 aliphatic heterocycles. The minimum atomic E-state index is -3.88. The Kier molecular flexibility index (Phi) is 3.93. The minimum Gasteiger partial charge on any atom is -0.478 e. The molecular formula is C12H12ClN3O4S. The number of aromatic carboxylic acids is 1. The normalized spacial score (nSPS) is 11.4. The first-order valence-corrected chi connectivity index (χ1v) is 7.65. The lowest BCUT2D eigenvalue weighted by molar-refractivity contribution is 0.0697. The van der Waals surface area contributed by atoms with Crippen molar-refractivity contribution in [1.29, 1.82) is 0 Å². The van der Waals surface area contributed by atoms with Gasteiger partial charge in [0.2, 0.25) is 0 Å². The quantitative estimate of drug-likeness (QED) is 0.795. The zero-order valence-corrected chi connectivity index (χ0v) is 12.7. The summed E-state index contributed by atoms with van der Waals surface area (Å²) in [5, 5.41) is 15.3. The molecule has 2 aromatic rings. The van der Waals surface area contributed by atoms with Crippen LogP contribution in [0.15, 0.2) is 23.1 Å². The molecule has 0 atom stereocenters. The smallest absolute Gasteiger partial charge is 0.337 e.